The first-order chi connectivity index (χ1) is 5.73. The number of hydrogen-bond donors (Lipinski definition) is 0. The zero-order chi connectivity index (χ0) is 9.03. The van der Waals surface area contributed by atoms with Gasteiger partial charge in [-0.3, -0.25) is 0 Å². The molecule has 0 spiro atoms. The van der Waals surface area contributed by atoms with Crippen molar-refractivity contribution in [3.63, 3.8) is 0 Å². The molecule has 0 radical (unpaired) electrons. The maximum absolute atomic E-state index is 8.96. The molecular formula is C10H17NO. The monoisotopic (exact) mass is 167 g/mol. The Morgan fingerprint density at radius 2 is 1.92 bits per heavy atom. The summed E-state index contributed by atoms with van der Waals surface area (Å²) < 4.78 is 5.27. The molecule has 1 unspecified atom stereocenters. The van der Waals surface area contributed by atoms with Gasteiger partial charge in [-0.1, -0.05) is 19.3 Å². The fourth-order valence-corrected chi connectivity index (χ4v) is 1.96. The summed E-state index contributed by atoms with van der Waals surface area (Å²) in [6.45, 7) is 1.91. The minimum absolute atomic E-state index is 0.446. The Morgan fingerprint density at radius 1 is 1.33 bits per heavy atom. The van der Waals surface area contributed by atoms with E-state index in [0.29, 0.717) is 5.92 Å². The standard InChI is InChI=1S/C10H17NO/c1-10(8-11,12-2)9-6-4-3-5-7-9/h9H,3-7H2,1-2H3. The third-order valence-electron chi connectivity index (χ3n) is 3.03. The first-order valence-corrected chi connectivity index (χ1v) is 4.69. The molecule has 68 valence electrons. The SMILES string of the molecule is COC(C)(C#N)C1CCCCC1. The molecule has 0 N–H and O–H groups in total. The van der Waals surface area contributed by atoms with E-state index in [2.05, 4.69) is 6.07 Å². The lowest BCUT2D eigenvalue weighted by Gasteiger charge is -2.32. The van der Waals surface area contributed by atoms with Gasteiger partial charge in [-0.2, -0.15) is 5.26 Å². The lowest BCUT2D eigenvalue weighted by molar-refractivity contribution is -0.00929. The zero-order valence-electron chi connectivity index (χ0n) is 7.97. The molecular weight excluding hydrogens is 150 g/mol. The van der Waals surface area contributed by atoms with Crippen molar-refractivity contribution in [2.24, 2.45) is 5.92 Å². The fraction of sp³-hybridized carbons (Fsp3) is 0.900. The number of nitrogens with zero attached hydrogens (tertiary/aromatic N) is 1. The van der Waals surface area contributed by atoms with Crippen molar-refractivity contribution in [3.05, 3.63) is 0 Å². The van der Waals surface area contributed by atoms with Crippen LogP contribution in [-0.2, 0) is 4.74 Å². The molecule has 1 aliphatic carbocycles. The van der Waals surface area contributed by atoms with Crippen LogP contribution in [0.1, 0.15) is 39.0 Å². The summed E-state index contributed by atoms with van der Waals surface area (Å²) in [5.74, 6) is 0.446. The van der Waals surface area contributed by atoms with Gasteiger partial charge in [-0.15, -0.1) is 0 Å². The van der Waals surface area contributed by atoms with Crippen LogP contribution in [0.15, 0.2) is 0 Å². The van der Waals surface area contributed by atoms with E-state index in [-0.39, 0.29) is 0 Å². The Morgan fingerprint density at radius 3 is 2.33 bits per heavy atom. The summed E-state index contributed by atoms with van der Waals surface area (Å²) in [5, 5.41) is 8.96. The molecule has 12 heavy (non-hydrogen) atoms. The van der Waals surface area contributed by atoms with Gasteiger partial charge in [0.1, 0.15) is 0 Å². The molecule has 0 aromatic carbocycles. The number of ether oxygens (including phenoxy) is 1. The summed E-state index contributed by atoms with van der Waals surface area (Å²) in [7, 11) is 1.64. The quantitative estimate of drug-likeness (QED) is 0.633. The fourth-order valence-electron chi connectivity index (χ4n) is 1.96. The van der Waals surface area contributed by atoms with Crippen molar-refractivity contribution in [1.82, 2.24) is 0 Å². The van der Waals surface area contributed by atoms with Crippen LogP contribution in [0.3, 0.4) is 0 Å². The summed E-state index contributed by atoms with van der Waals surface area (Å²) >= 11 is 0. The van der Waals surface area contributed by atoms with Crippen LogP contribution in [0.25, 0.3) is 0 Å². The van der Waals surface area contributed by atoms with Gasteiger partial charge in [0.2, 0.25) is 0 Å². The Hall–Kier alpha value is -0.550. The molecule has 1 aliphatic rings. The maximum Gasteiger partial charge on any atom is 0.153 e. The van der Waals surface area contributed by atoms with E-state index in [0.717, 1.165) is 12.8 Å². The second-order valence-corrected chi connectivity index (χ2v) is 3.76. The molecule has 1 saturated carbocycles. The molecule has 0 aliphatic heterocycles. The van der Waals surface area contributed by atoms with E-state index < -0.39 is 5.60 Å². The van der Waals surface area contributed by atoms with Crippen molar-refractivity contribution in [2.75, 3.05) is 7.11 Å². The number of nitriles is 1. The van der Waals surface area contributed by atoms with E-state index in [1.165, 1.54) is 19.3 Å². The summed E-state index contributed by atoms with van der Waals surface area (Å²) in [5.41, 5.74) is -0.541. The number of methoxy groups -OCH3 is 1. The van der Waals surface area contributed by atoms with Crippen LogP contribution in [-0.4, -0.2) is 12.7 Å². The molecule has 0 saturated heterocycles. The summed E-state index contributed by atoms with van der Waals surface area (Å²) in [4.78, 5) is 0. The average molecular weight is 167 g/mol. The Kier molecular flexibility index (Phi) is 3.11. The first kappa shape index (κ1) is 9.54. The molecule has 0 amide bonds. The molecule has 1 atom stereocenters. The summed E-state index contributed by atoms with van der Waals surface area (Å²) in [6.07, 6.45) is 6.13. The Balaban J connectivity index is 2.59. The van der Waals surface area contributed by atoms with Crippen LogP contribution in [0.2, 0.25) is 0 Å². The van der Waals surface area contributed by atoms with Crippen LogP contribution in [0.4, 0.5) is 0 Å². The predicted octanol–water partition coefficient (Wildman–Crippen LogP) is 2.50. The predicted molar refractivity (Wildman–Crippen MR) is 47.6 cm³/mol. The second-order valence-electron chi connectivity index (χ2n) is 3.76. The van der Waals surface area contributed by atoms with E-state index in [4.69, 9.17) is 10.00 Å². The van der Waals surface area contributed by atoms with E-state index in [1.807, 2.05) is 6.92 Å². The highest BCUT2D eigenvalue weighted by Gasteiger charge is 2.34. The van der Waals surface area contributed by atoms with Crippen molar-refractivity contribution >= 4 is 0 Å². The topological polar surface area (TPSA) is 33.0 Å². The van der Waals surface area contributed by atoms with Gasteiger partial charge < -0.3 is 4.74 Å². The molecule has 0 bridgehead atoms. The third-order valence-corrected chi connectivity index (χ3v) is 3.03. The van der Waals surface area contributed by atoms with Gasteiger partial charge in [-0.25, -0.2) is 0 Å². The van der Waals surface area contributed by atoms with Gasteiger partial charge in [0.15, 0.2) is 5.60 Å². The van der Waals surface area contributed by atoms with Gasteiger partial charge in [0.05, 0.1) is 6.07 Å². The average Bonchev–Trinajstić information content (AvgIpc) is 2.18. The Labute approximate surface area is 74.5 Å². The van der Waals surface area contributed by atoms with Crippen molar-refractivity contribution in [1.29, 1.82) is 5.26 Å². The molecule has 0 aromatic rings. The van der Waals surface area contributed by atoms with Crippen LogP contribution < -0.4 is 0 Å². The molecule has 1 rings (SSSR count). The van der Waals surface area contributed by atoms with Gasteiger partial charge >= 0.3 is 0 Å². The second kappa shape index (κ2) is 3.91. The van der Waals surface area contributed by atoms with Crippen molar-refractivity contribution in [3.8, 4) is 6.07 Å². The molecule has 2 heteroatoms. The smallest absolute Gasteiger partial charge is 0.153 e. The Bertz CT molecular complexity index is 179. The van der Waals surface area contributed by atoms with Gasteiger partial charge in [0, 0.05) is 13.0 Å². The van der Waals surface area contributed by atoms with Crippen molar-refractivity contribution < 1.29 is 4.74 Å². The highest BCUT2D eigenvalue weighted by Crippen LogP contribution is 2.33. The normalized spacial score (nSPS) is 24.4. The maximum atomic E-state index is 8.96. The zero-order valence-corrected chi connectivity index (χ0v) is 7.97. The molecule has 0 heterocycles. The van der Waals surface area contributed by atoms with Crippen LogP contribution >= 0.6 is 0 Å². The van der Waals surface area contributed by atoms with E-state index in [9.17, 15) is 0 Å². The van der Waals surface area contributed by atoms with Crippen LogP contribution in [0.5, 0.6) is 0 Å². The minimum Gasteiger partial charge on any atom is -0.363 e. The highest BCUT2D eigenvalue weighted by molar-refractivity contribution is 5.03. The van der Waals surface area contributed by atoms with Crippen LogP contribution in [0, 0.1) is 17.2 Å². The lowest BCUT2D eigenvalue weighted by Crippen LogP contribution is -2.36. The van der Waals surface area contributed by atoms with Gasteiger partial charge in [-0.05, 0) is 19.8 Å². The van der Waals surface area contributed by atoms with E-state index in [1.54, 1.807) is 7.11 Å². The molecule has 2 nitrogen and oxygen atoms in total. The van der Waals surface area contributed by atoms with E-state index >= 15 is 0 Å². The number of rotatable bonds is 2. The largest absolute Gasteiger partial charge is 0.363 e. The first-order valence-electron chi connectivity index (χ1n) is 4.69. The third kappa shape index (κ3) is 1.78. The lowest BCUT2D eigenvalue weighted by atomic mass is 9.78. The van der Waals surface area contributed by atoms with Gasteiger partial charge in [0.25, 0.3) is 0 Å². The molecule has 1 fully saturated rings. The molecule has 0 aromatic heterocycles. The van der Waals surface area contributed by atoms with Crippen molar-refractivity contribution in [2.45, 2.75) is 44.6 Å². The highest BCUT2D eigenvalue weighted by atomic mass is 16.5. The number of hydrogen-bond acceptors (Lipinski definition) is 2. The summed E-state index contributed by atoms with van der Waals surface area (Å²) in [6, 6.07) is 2.28. The minimum atomic E-state index is -0.541.